The van der Waals surface area contributed by atoms with Crippen molar-refractivity contribution in [3.05, 3.63) is 58.9 Å². The van der Waals surface area contributed by atoms with E-state index in [0.717, 1.165) is 5.56 Å². The Morgan fingerprint density at radius 2 is 1.76 bits per heavy atom. The Kier molecular flexibility index (Phi) is 8.82. The van der Waals surface area contributed by atoms with Crippen LogP contribution < -0.4 is 18.9 Å². The average Bonchev–Trinajstić information content (AvgIpc) is 2.84. The van der Waals surface area contributed by atoms with Gasteiger partial charge >= 0.3 is 0 Å². The van der Waals surface area contributed by atoms with Gasteiger partial charge in [-0.2, -0.15) is 4.98 Å². The van der Waals surface area contributed by atoms with Gasteiger partial charge in [0.15, 0.2) is 5.82 Å². The van der Waals surface area contributed by atoms with Gasteiger partial charge in [-0.05, 0) is 42.2 Å². The highest BCUT2D eigenvalue weighted by atomic mass is 35.5. The molecule has 1 N–H and O–H groups in total. The maximum atomic E-state index is 13.3. The predicted octanol–water partition coefficient (Wildman–Crippen LogP) is 4.89. The Morgan fingerprint density at radius 1 is 1.05 bits per heavy atom. The molecule has 3 rings (SSSR count). The number of anilines is 1. The minimum absolute atomic E-state index is 0.0315. The lowest BCUT2D eigenvalue weighted by atomic mass is 9.87. The van der Waals surface area contributed by atoms with E-state index in [1.807, 2.05) is 20.8 Å². The molecule has 0 bridgehead atoms. The van der Waals surface area contributed by atoms with Gasteiger partial charge in [0.2, 0.25) is 5.75 Å². The molecule has 1 aromatic heterocycles. The van der Waals surface area contributed by atoms with Crippen molar-refractivity contribution in [3.8, 4) is 23.1 Å². The Balaban J connectivity index is 2.04. The largest absolute Gasteiger partial charge is 0.497 e. The van der Waals surface area contributed by atoms with E-state index in [-0.39, 0.29) is 64.0 Å². The SMILES string of the molecule is COc1ccc(Cl)c(Oc2c(NS(=O)(=O)c3ccc(C(C)(C)C)cc3)nc(C)nc2OCCOC=O)c1. The van der Waals surface area contributed by atoms with Gasteiger partial charge in [-0.15, -0.1) is 0 Å². The molecule has 2 aromatic carbocycles. The molecule has 0 saturated carbocycles. The van der Waals surface area contributed by atoms with Gasteiger partial charge in [0, 0.05) is 6.07 Å². The highest BCUT2D eigenvalue weighted by Gasteiger charge is 2.25. The molecule has 37 heavy (non-hydrogen) atoms. The summed E-state index contributed by atoms with van der Waals surface area (Å²) in [5.74, 6) is 0.421. The normalized spacial score (nSPS) is 11.5. The van der Waals surface area contributed by atoms with Crippen LogP contribution in [0.5, 0.6) is 23.1 Å². The smallest absolute Gasteiger partial charge is 0.293 e. The molecule has 0 spiro atoms. The quantitative estimate of drug-likeness (QED) is 0.263. The summed E-state index contributed by atoms with van der Waals surface area (Å²) in [7, 11) is -2.60. The Bertz CT molecular complexity index is 1360. The summed E-state index contributed by atoms with van der Waals surface area (Å²) in [4.78, 5) is 19.0. The van der Waals surface area contributed by atoms with Gasteiger partial charge in [0.1, 0.15) is 30.5 Å². The number of hydrogen-bond donors (Lipinski definition) is 1. The third-order valence-corrected chi connectivity index (χ3v) is 6.73. The molecule has 0 saturated heterocycles. The first kappa shape index (κ1) is 28.0. The van der Waals surface area contributed by atoms with Gasteiger partial charge in [-0.25, -0.2) is 13.4 Å². The first-order valence-electron chi connectivity index (χ1n) is 11.2. The summed E-state index contributed by atoms with van der Waals surface area (Å²) < 4.78 is 50.5. The van der Waals surface area contributed by atoms with E-state index in [1.165, 1.54) is 25.3 Å². The second-order valence-corrected chi connectivity index (χ2v) is 10.9. The molecule has 0 amide bonds. The fourth-order valence-electron chi connectivity index (χ4n) is 3.15. The van der Waals surface area contributed by atoms with Crippen LogP contribution >= 0.6 is 11.6 Å². The van der Waals surface area contributed by atoms with Gasteiger partial charge < -0.3 is 18.9 Å². The fraction of sp³-hybridized carbons (Fsp3) is 0.320. The molecule has 0 fully saturated rings. The first-order valence-corrected chi connectivity index (χ1v) is 13.0. The van der Waals surface area contributed by atoms with E-state index in [2.05, 4.69) is 19.4 Å². The van der Waals surface area contributed by atoms with Crippen LogP contribution in [0.15, 0.2) is 47.4 Å². The van der Waals surface area contributed by atoms with Crippen molar-refractivity contribution >= 4 is 33.9 Å². The molecule has 0 aliphatic heterocycles. The summed E-state index contributed by atoms with van der Waals surface area (Å²) in [6.07, 6.45) is 0. The van der Waals surface area contributed by atoms with E-state index < -0.39 is 10.0 Å². The number of benzene rings is 2. The number of sulfonamides is 1. The molecule has 3 aromatic rings. The number of carbonyl (C=O) groups excluding carboxylic acids is 1. The number of carbonyl (C=O) groups is 1. The number of nitrogens with one attached hydrogen (secondary N) is 1. The lowest BCUT2D eigenvalue weighted by Gasteiger charge is -2.20. The van der Waals surface area contributed by atoms with Crippen molar-refractivity contribution in [2.75, 3.05) is 25.0 Å². The zero-order valence-corrected chi connectivity index (χ0v) is 22.6. The van der Waals surface area contributed by atoms with Crippen molar-refractivity contribution in [2.45, 2.75) is 38.0 Å². The molecule has 0 atom stereocenters. The molecular formula is C25H28ClN3O7S. The van der Waals surface area contributed by atoms with E-state index in [0.29, 0.717) is 5.75 Å². The van der Waals surface area contributed by atoms with Crippen molar-refractivity contribution in [1.82, 2.24) is 9.97 Å². The second-order valence-electron chi connectivity index (χ2n) is 8.85. The fourth-order valence-corrected chi connectivity index (χ4v) is 4.31. The zero-order valence-electron chi connectivity index (χ0n) is 21.1. The first-order chi connectivity index (χ1) is 17.4. The zero-order chi connectivity index (χ0) is 27.2. The standard InChI is InChI=1S/C25H28ClN3O7S/c1-16-27-23(29-37(31,32)19-9-6-17(7-10-19)25(2,3)4)22(24(28-16)35-13-12-34-15-30)36-21-14-18(33-5)8-11-20(21)26/h6-11,14-15H,12-13H2,1-5H3,(H,27,28,29). The van der Waals surface area contributed by atoms with Gasteiger partial charge in [0.05, 0.1) is 17.0 Å². The minimum atomic E-state index is -4.08. The Morgan fingerprint density at radius 3 is 2.38 bits per heavy atom. The summed E-state index contributed by atoms with van der Waals surface area (Å²) in [5, 5.41) is 0.225. The van der Waals surface area contributed by atoms with E-state index in [1.54, 1.807) is 31.2 Å². The van der Waals surface area contributed by atoms with Gasteiger partial charge in [-0.3, -0.25) is 9.52 Å². The third-order valence-electron chi connectivity index (χ3n) is 5.07. The number of nitrogens with zero attached hydrogens (tertiary/aromatic N) is 2. The molecule has 0 aliphatic rings. The maximum Gasteiger partial charge on any atom is 0.293 e. The van der Waals surface area contributed by atoms with Crippen molar-refractivity contribution in [3.63, 3.8) is 0 Å². The highest BCUT2D eigenvalue weighted by molar-refractivity contribution is 7.92. The average molecular weight is 550 g/mol. The van der Waals surface area contributed by atoms with Crippen LogP contribution in [0.4, 0.5) is 5.82 Å². The summed E-state index contributed by atoms with van der Waals surface area (Å²) >= 11 is 6.31. The van der Waals surface area contributed by atoms with Crippen LogP contribution in [0.3, 0.4) is 0 Å². The van der Waals surface area contributed by atoms with Gasteiger partial charge in [-0.1, -0.05) is 44.5 Å². The topological polar surface area (TPSA) is 126 Å². The maximum absolute atomic E-state index is 13.3. The second kappa shape index (κ2) is 11.7. The molecule has 0 radical (unpaired) electrons. The predicted molar refractivity (Wildman–Crippen MR) is 138 cm³/mol. The van der Waals surface area contributed by atoms with Crippen LogP contribution in [-0.2, 0) is 25.0 Å². The van der Waals surface area contributed by atoms with Crippen molar-refractivity contribution in [1.29, 1.82) is 0 Å². The number of methoxy groups -OCH3 is 1. The summed E-state index contributed by atoms with van der Waals surface area (Å²) in [6, 6.07) is 11.3. The minimum Gasteiger partial charge on any atom is -0.497 e. The van der Waals surface area contributed by atoms with Crippen LogP contribution in [0, 0.1) is 6.92 Å². The molecule has 12 heteroatoms. The molecule has 10 nitrogen and oxygen atoms in total. The molecule has 198 valence electrons. The van der Waals surface area contributed by atoms with Crippen LogP contribution in [-0.4, -0.2) is 45.2 Å². The number of halogens is 1. The molecule has 0 aliphatic carbocycles. The van der Waals surface area contributed by atoms with Crippen molar-refractivity contribution in [2.24, 2.45) is 0 Å². The number of aromatic nitrogens is 2. The number of hydrogen-bond acceptors (Lipinski definition) is 9. The lowest BCUT2D eigenvalue weighted by Crippen LogP contribution is -2.17. The molecule has 0 unspecified atom stereocenters. The van der Waals surface area contributed by atoms with Crippen LogP contribution in [0.2, 0.25) is 5.02 Å². The van der Waals surface area contributed by atoms with E-state index >= 15 is 0 Å². The third kappa shape index (κ3) is 7.23. The Labute approximate surface area is 220 Å². The number of rotatable bonds is 11. The van der Waals surface area contributed by atoms with Gasteiger partial charge in [0.25, 0.3) is 22.4 Å². The summed E-state index contributed by atoms with van der Waals surface area (Å²) in [5.41, 5.74) is 0.838. The van der Waals surface area contributed by atoms with Crippen LogP contribution in [0.1, 0.15) is 32.2 Å². The number of aryl methyl sites for hydroxylation is 1. The van der Waals surface area contributed by atoms with Crippen LogP contribution in [0.25, 0.3) is 0 Å². The number of ether oxygens (including phenoxy) is 4. The van der Waals surface area contributed by atoms with E-state index in [9.17, 15) is 13.2 Å². The molecule has 1 heterocycles. The highest BCUT2D eigenvalue weighted by Crippen LogP contribution is 2.41. The summed E-state index contributed by atoms with van der Waals surface area (Å²) in [6.45, 7) is 7.82. The lowest BCUT2D eigenvalue weighted by molar-refractivity contribution is -0.129. The van der Waals surface area contributed by atoms with Crippen molar-refractivity contribution < 1.29 is 32.2 Å². The molecular weight excluding hydrogens is 522 g/mol. The monoisotopic (exact) mass is 549 g/mol. The van der Waals surface area contributed by atoms with E-state index in [4.69, 9.17) is 25.8 Å². The Hall–Kier alpha value is -3.57.